The Kier molecular flexibility index (Phi) is 4.07. The maximum atomic E-state index is 6.06. The van der Waals surface area contributed by atoms with E-state index in [2.05, 4.69) is 10.5 Å². The van der Waals surface area contributed by atoms with Crippen molar-refractivity contribution < 1.29 is 0 Å². The van der Waals surface area contributed by atoms with E-state index in [4.69, 9.17) is 17.3 Å². The highest BCUT2D eigenvalue weighted by molar-refractivity contribution is 6.31. The van der Waals surface area contributed by atoms with Crippen LogP contribution in [0.4, 0.5) is 11.4 Å². The van der Waals surface area contributed by atoms with Gasteiger partial charge >= 0.3 is 0 Å². The van der Waals surface area contributed by atoms with Gasteiger partial charge in [-0.25, -0.2) is 0 Å². The van der Waals surface area contributed by atoms with Crippen LogP contribution < -0.4 is 11.2 Å². The summed E-state index contributed by atoms with van der Waals surface area (Å²) in [5, 5.41) is 5.05. The lowest BCUT2D eigenvalue weighted by Crippen LogP contribution is -2.00. The number of hydrazone groups is 1. The third-order valence-electron chi connectivity index (χ3n) is 2.83. The van der Waals surface area contributed by atoms with Gasteiger partial charge in [0.25, 0.3) is 0 Å². The third-order valence-corrected chi connectivity index (χ3v) is 3.24. The number of nitrogens with one attached hydrogen (secondary N) is 1. The standard InChI is InChI=1S/C15H16ClN3/c1-10-6-7-14(9-15(10)16)19-18-11(2)12-4-3-5-13(17)8-12/h3-9,19H,17H2,1-2H3/b18-11-. The van der Waals surface area contributed by atoms with Gasteiger partial charge in [-0.3, -0.25) is 5.43 Å². The molecule has 0 unspecified atom stereocenters. The Bertz CT molecular complexity index is 621. The quantitative estimate of drug-likeness (QED) is 0.503. The lowest BCUT2D eigenvalue weighted by molar-refractivity contribution is 1.31. The lowest BCUT2D eigenvalue weighted by Gasteiger charge is -2.06. The minimum absolute atomic E-state index is 0.724. The Morgan fingerprint density at radius 1 is 1.21 bits per heavy atom. The van der Waals surface area contributed by atoms with Gasteiger partial charge in [-0.05, 0) is 49.2 Å². The van der Waals surface area contributed by atoms with Crippen LogP contribution >= 0.6 is 11.6 Å². The molecule has 0 aromatic heterocycles. The molecule has 0 atom stereocenters. The molecule has 0 saturated heterocycles. The summed E-state index contributed by atoms with van der Waals surface area (Å²) in [5.41, 5.74) is 13.2. The number of rotatable bonds is 3. The maximum Gasteiger partial charge on any atom is 0.0649 e. The fourth-order valence-corrected chi connectivity index (χ4v) is 1.82. The largest absolute Gasteiger partial charge is 0.399 e. The van der Waals surface area contributed by atoms with Crippen molar-refractivity contribution in [3.05, 3.63) is 58.6 Å². The molecule has 0 saturated carbocycles. The van der Waals surface area contributed by atoms with Crippen molar-refractivity contribution >= 4 is 28.7 Å². The van der Waals surface area contributed by atoms with E-state index in [0.717, 1.165) is 33.2 Å². The van der Waals surface area contributed by atoms with Crippen molar-refractivity contribution in [2.24, 2.45) is 5.10 Å². The number of hydrogen-bond donors (Lipinski definition) is 2. The van der Waals surface area contributed by atoms with E-state index in [1.165, 1.54) is 0 Å². The van der Waals surface area contributed by atoms with E-state index in [1.807, 2.05) is 56.3 Å². The van der Waals surface area contributed by atoms with Crippen LogP contribution in [0.3, 0.4) is 0 Å². The lowest BCUT2D eigenvalue weighted by atomic mass is 10.1. The molecule has 98 valence electrons. The van der Waals surface area contributed by atoms with Gasteiger partial charge in [-0.15, -0.1) is 0 Å². The highest BCUT2D eigenvalue weighted by Gasteiger charge is 1.99. The SMILES string of the molecule is C/C(=N/Nc1ccc(C)c(Cl)c1)c1cccc(N)c1. The second kappa shape index (κ2) is 5.76. The molecule has 2 aromatic carbocycles. The first-order valence-electron chi connectivity index (χ1n) is 5.98. The Morgan fingerprint density at radius 2 is 2.00 bits per heavy atom. The first kappa shape index (κ1) is 13.4. The topological polar surface area (TPSA) is 50.4 Å². The summed E-state index contributed by atoms with van der Waals surface area (Å²) in [4.78, 5) is 0. The van der Waals surface area contributed by atoms with Gasteiger partial charge in [0, 0.05) is 10.7 Å². The summed E-state index contributed by atoms with van der Waals surface area (Å²) >= 11 is 6.06. The second-order valence-corrected chi connectivity index (χ2v) is 4.81. The van der Waals surface area contributed by atoms with E-state index >= 15 is 0 Å². The predicted molar refractivity (Wildman–Crippen MR) is 82.9 cm³/mol. The molecule has 0 bridgehead atoms. The van der Waals surface area contributed by atoms with Crippen molar-refractivity contribution in [1.82, 2.24) is 0 Å². The summed E-state index contributed by atoms with van der Waals surface area (Å²) in [6.07, 6.45) is 0. The van der Waals surface area contributed by atoms with Crippen molar-refractivity contribution in [2.75, 3.05) is 11.2 Å². The molecule has 0 fully saturated rings. The van der Waals surface area contributed by atoms with Crippen LogP contribution in [0.15, 0.2) is 47.6 Å². The van der Waals surface area contributed by atoms with Gasteiger partial charge in [0.15, 0.2) is 0 Å². The number of anilines is 2. The Balaban J connectivity index is 2.15. The predicted octanol–water partition coefficient (Wildman–Crippen LogP) is 4.07. The van der Waals surface area contributed by atoms with E-state index < -0.39 is 0 Å². The first-order chi connectivity index (χ1) is 9.06. The summed E-state index contributed by atoms with van der Waals surface area (Å²) in [6, 6.07) is 13.4. The molecule has 0 amide bonds. The average Bonchev–Trinajstić information content (AvgIpc) is 2.40. The number of nitrogen functional groups attached to an aromatic ring is 1. The van der Waals surface area contributed by atoms with Crippen LogP contribution in [0.2, 0.25) is 5.02 Å². The Hall–Kier alpha value is -2.00. The molecular formula is C15H16ClN3. The number of hydrogen-bond acceptors (Lipinski definition) is 3. The number of aryl methyl sites for hydroxylation is 1. The van der Waals surface area contributed by atoms with Gasteiger partial charge in [-0.2, -0.15) is 5.10 Å². The number of nitrogens with zero attached hydrogens (tertiary/aromatic N) is 1. The zero-order valence-electron chi connectivity index (χ0n) is 10.9. The fraction of sp³-hybridized carbons (Fsp3) is 0.133. The van der Waals surface area contributed by atoms with Crippen molar-refractivity contribution in [2.45, 2.75) is 13.8 Å². The third kappa shape index (κ3) is 3.48. The molecule has 19 heavy (non-hydrogen) atoms. The molecule has 3 nitrogen and oxygen atoms in total. The molecule has 2 aromatic rings. The maximum absolute atomic E-state index is 6.06. The summed E-state index contributed by atoms with van der Waals surface area (Å²) < 4.78 is 0. The highest BCUT2D eigenvalue weighted by Crippen LogP contribution is 2.20. The van der Waals surface area contributed by atoms with Gasteiger partial charge < -0.3 is 5.73 Å². The molecule has 0 aliphatic carbocycles. The van der Waals surface area contributed by atoms with Crippen LogP contribution in [0.25, 0.3) is 0 Å². The molecule has 0 heterocycles. The van der Waals surface area contributed by atoms with Crippen molar-refractivity contribution in [1.29, 1.82) is 0 Å². The molecule has 4 heteroatoms. The van der Waals surface area contributed by atoms with Crippen LogP contribution in [-0.2, 0) is 0 Å². The molecule has 0 radical (unpaired) electrons. The minimum atomic E-state index is 0.724. The van der Waals surface area contributed by atoms with Gasteiger partial charge in [0.2, 0.25) is 0 Å². The van der Waals surface area contributed by atoms with Crippen LogP contribution in [0, 0.1) is 6.92 Å². The molecule has 2 rings (SSSR count). The summed E-state index contributed by atoms with van der Waals surface area (Å²) in [5.74, 6) is 0. The monoisotopic (exact) mass is 273 g/mol. The van der Waals surface area contributed by atoms with Crippen LogP contribution in [-0.4, -0.2) is 5.71 Å². The zero-order chi connectivity index (χ0) is 13.8. The van der Waals surface area contributed by atoms with E-state index in [-0.39, 0.29) is 0 Å². The van der Waals surface area contributed by atoms with E-state index in [0.29, 0.717) is 0 Å². The number of halogens is 1. The van der Waals surface area contributed by atoms with Crippen LogP contribution in [0.1, 0.15) is 18.1 Å². The normalized spacial score (nSPS) is 11.4. The van der Waals surface area contributed by atoms with Gasteiger partial charge in [-0.1, -0.05) is 29.8 Å². The Morgan fingerprint density at radius 3 is 2.68 bits per heavy atom. The summed E-state index contributed by atoms with van der Waals surface area (Å²) in [7, 11) is 0. The van der Waals surface area contributed by atoms with E-state index in [9.17, 15) is 0 Å². The number of benzene rings is 2. The highest BCUT2D eigenvalue weighted by atomic mass is 35.5. The fourth-order valence-electron chi connectivity index (χ4n) is 1.64. The Labute approximate surface area is 118 Å². The van der Waals surface area contributed by atoms with E-state index in [1.54, 1.807) is 0 Å². The first-order valence-corrected chi connectivity index (χ1v) is 6.36. The smallest absolute Gasteiger partial charge is 0.0649 e. The van der Waals surface area contributed by atoms with Gasteiger partial charge in [0.05, 0.1) is 11.4 Å². The molecular weight excluding hydrogens is 258 g/mol. The molecule has 0 spiro atoms. The molecule has 0 aliphatic heterocycles. The molecule has 0 aliphatic rings. The van der Waals surface area contributed by atoms with Crippen molar-refractivity contribution in [3.8, 4) is 0 Å². The summed E-state index contributed by atoms with van der Waals surface area (Å²) in [6.45, 7) is 3.89. The van der Waals surface area contributed by atoms with Crippen LogP contribution in [0.5, 0.6) is 0 Å². The van der Waals surface area contributed by atoms with Crippen molar-refractivity contribution in [3.63, 3.8) is 0 Å². The average molecular weight is 274 g/mol. The number of nitrogens with two attached hydrogens (primary N) is 1. The van der Waals surface area contributed by atoms with Gasteiger partial charge in [0.1, 0.15) is 0 Å². The second-order valence-electron chi connectivity index (χ2n) is 4.40. The zero-order valence-corrected chi connectivity index (χ0v) is 11.7. The minimum Gasteiger partial charge on any atom is -0.399 e. The molecule has 3 N–H and O–H groups in total.